The minimum absolute atomic E-state index is 0.0732. The van der Waals surface area contributed by atoms with Crippen LogP contribution in [0.15, 0.2) is 36.4 Å². The highest BCUT2D eigenvalue weighted by atomic mass is 35.5. The quantitative estimate of drug-likeness (QED) is 0.279. The molecule has 0 saturated carbocycles. The first-order valence-corrected chi connectivity index (χ1v) is 16.2. The van der Waals surface area contributed by atoms with Gasteiger partial charge in [-0.3, -0.25) is 19.2 Å². The molecule has 1 aliphatic rings. The highest BCUT2D eigenvalue weighted by Crippen LogP contribution is 2.25. The van der Waals surface area contributed by atoms with Crippen molar-refractivity contribution >= 4 is 70.0 Å². The van der Waals surface area contributed by atoms with Gasteiger partial charge in [0.25, 0.3) is 0 Å². The molecule has 1 fully saturated rings. The van der Waals surface area contributed by atoms with Crippen molar-refractivity contribution < 1.29 is 19.2 Å². The monoisotopic (exact) mass is 685 g/mol. The fourth-order valence-corrected chi connectivity index (χ4v) is 6.27. The topological polar surface area (TPSA) is 107 Å². The van der Waals surface area contributed by atoms with Crippen molar-refractivity contribution in [3.05, 3.63) is 67.6 Å². The summed E-state index contributed by atoms with van der Waals surface area (Å²) >= 11 is 24.7. The predicted octanol–water partition coefficient (Wildman–Crippen LogP) is 4.56. The zero-order valence-corrected chi connectivity index (χ0v) is 28.1. The van der Waals surface area contributed by atoms with Crippen molar-refractivity contribution in [1.82, 2.24) is 19.6 Å². The Morgan fingerprint density at radius 3 is 2.02 bits per heavy atom. The van der Waals surface area contributed by atoms with Crippen molar-refractivity contribution in [3.63, 3.8) is 0 Å². The molecule has 0 aliphatic carbocycles. The van der Waals surface area contributed by atoms with Gasteiger partial charge in [0, 0.05) is 39.7 Å². The molecule has 0 aromatic heterocycles. The third-order valence-corrected chi connectivity index (χ3v) is 8.96. The molecule has 44 heavy (non-hydrogen) atoms. The van der Waals surface area contributed by atoms with E-state index >= 15 is 0 Å². The third-order valence-electron chi connectivity index (χ3n) is 7.79. The summed E-state index contributed by atoms with van der Waals surface area (Å²) in [6.45, 7) is 6.99. The van der Waals surface area contributed by atoms with Crippen LogP contribution in [0.5, 0.6) is 0 Å². The average Bonchev–Trinajstić information content (AvgIpc) is 2.96. The van der Waals surface area contributed by atoms with Crippen LogP contribution in [0.2, 0.25) is 20.1 Å². The van der Waals surface area contributed by atoms with Crippen LogP contribution in [-0.2, 0) is 32.0 Å². The smallest absolute Gasteiger partial charge is 0.246 e. The second-order valence-corrected chi connectivity index (χ2v) is 12.4. The SMILES string of the molecule is CCN(CC)CCCN1CC(=O)N(CCc2ccc(Cl)cc2Cl)C(CC(=O)N(CCc2ccc(Cl)cc2Cl)CC(N)=O)C1=O. The molecule has 1 heterocycles. The van der Waals surface area contributed by atoms with E-state index in [4.69, 9.17) is 52.1 Å². The van der Waals surface area contributed by atoms with E-state index in [0.29, 0.717) is 45.9 Å². The van der Waals surface area contributed by atoms with Crippen LogP contribution >= 0.6 is 46.4 Å². The van der Waals surface area contributed by atoms with Gasteiger partial charge in [-0.05, 0) is 74.3 Å². The van der Waals surface area contributed by atoms with Crippen molar-refractivity contribution in [1.29, 1.82) is 0 Å². The molecule has 9 nitrogen and oxygen atoms in total. The number of halogens is 4. The van der Waals surface area contributed by atoms with Crippen LogP contribution in [0.3, 0.4) is 0 Å². The van der Waals surface area contributed by atoms with Gasteiger partial charge in [-0.2, -0.15) is 0 Å². The van der Waals surface area contributed by atoms with Gasteiger partial charge in [-0.25, -0.2) is 0 Å². The predicted molar refractivity (Wildman–Crippen MR) is 175 cm³/mol. The molecule has 13 heteroatoms. The van der Waals surface area contributed by atoms with E-state index in [9.17, 15) is 19.2 Å². The summed E-state index contributed by atoms with van der Waals surface area (Å²) in [4.78, 5) is 59.4. The molecular formula is C31H39Cl4N5O4. The number of hydrogen-bond acceptors (Lipinski definition) is 5. The van der Waals surface area contributed by atoms with Crippen molar-refractivity contribution in [2.75, 3.05) is 52.4 Å². The Kier molecular flexibility index (Phi) is 14.1. The lowest BCUT2D eigenvalue weighted by Gasteiger charge is -2.41. The minimum atomic E-state index is -1.04. The number of nitrogens with zero attached hydrogens (tertiary/aromatic N) is 4. The number of primary amides is 1. The zero-order valence-electron chi connectivity index (χ0n) is 25.0. The molecule has 3 rings (SSSR count). The van der Waals surface area contributed by atoms with E-state index in [1.807, 2.05) is 0 Å². The summed E-state index contributed by atoms with van der Waals surface area (Å²) in [6, 6.07) is 9.10. The summed E-state index contributed by atoms with van der Waals surface area (Å²) in [5.41, 5.74) is 6.98. The maximum atomic E-state index is 13.8. The number of benzene rings is 2. The number of rotatable bonds is 16. The van der Waals surface area contributed by atoms with Gasteiger partial charge in [0.15, 0.2) is 0 Å². The van der Waals surface area contributed by atoms with Gasteiger partial charge in [-0.1, -0.05) is 72.4 Å². The first-order valence-electron chi connectivity index (χ1n) is 14.7. The standard InChI is InChI=1S/C31H39Cl4N5O4/c1-3-37(4-2)12-5-13-39-20-30(43)40(15-11-22-7-9-24(33)17-26(22)35)27(31(39)44)18-29(42)38(19-28(36)41)14-10-21-6-8-23(32)16-25(21)34/h6-9,16-17,27H,3-5,10-15,18-20H2,1-2H3,(H2,36,41). The first-order chi connectivity index (χ1) is 20.9. The summed E-state index contributed by atoms with van der Waals surface area (Å²) in [5.74, 6) is -1.73. The van der Waals surface area contributed by atoms with E-state index in [0.717, 1.165) is 30.8 Å². The molecule has 1 atom stereocenters. The molecule has 1 saturated heterocycles. The molecule has 1 aliphatic heterocycles. The highest BCUT2D eigenvalue weighted by molar-refractivity contribution is 6.35. The number of amides is 4. The number of piperazine rings is 1. The fourth-order valence-electron chi connectivity index (χ4n) is 5.26. The fraction of sp³-hybridized carbons (Fsp3) is 0.484. The third kappa shape index (κ3) is 10.2. The Morgan fingerprint density at radius 1 is 0.886 bits per heavy atom. The van der Waals surface area contributed by atoms with Crippen molar-refractivity contribution in [2.45, 2.75) is 45.6 Å². The molecule has 4 amide bonds. The molecule has 0 radical (unpaired) electrons. The van der Waals surface area contributed by atoms with Gasteiger partial charge < -0.3 is 25.3 Å². The van der Waals surface area contributed by atoms with Gasteiger partial charge in [-0.15, -0.1) is 0 Å². The van der Waals surface area contributed by atoms with Crippen LogP contribution in [0.1, 0.15) is 37.8 Å². The van der Waals surface area contributed by atoms with Crippen LogP contribution < -0.4 is 5.73 Å². The summed E-state index contributed by atoms with van der Waals surface area (Å²) in [5, 5.41) is 1.85. The lowest BCUT2D eigenvalue weighted by atomic mass is 10.0. The van der Waals surface area contributed by atoms with Crippen LogP contribution in [0.4, 0.5) is 0 Å². The van der Waals surface area contributed by atoms with E-state index in [2.05, 4.69) is 18.7 Å². The van der Waals surface area contributed by atoms with E-state index in [1.165, 1.54) is 14.7 Å². The maximum absolute atomic E-state index is 13.8. The molecule has 0 spiro atoms. The van der Waals surface area contributed by atoms with Crippen LogP contribution in [-0.4, -0.2) is 102 Å². The van der Waals surface area contributed by atoms with E-state index < -0.39 is 17.9 Å². The lowest BCUT2D eigenvalue weighted by molar-refractivity contribution is -0.158. The summed E-state index contributed by atoms with van der Waals surface area (Å²) in [7, 11) is 0. The van der Waals surface area contributed by atoms with Gasteiger partial charge >= 0.3 is 0 Å². The molecule has 0 bridgehead atoms. The Hall–Kier alpha value is -2.56. The minimum Gasteiger partial charge on any atom is -0.368 e. The normalized spacial score (nSPS) is 15.3. The molecule has 240 valence electrons. The first kappa shape index (κ1) is 35.9. The summed E-state index contributed by atoms with van der Waals surface area (Å²) in [6.07, 6.45) is 1.09. The number of carbonyl (C=O) groups excluding carboxylic acids is 4. The molecular weight excluding hydrogens is 648 g/mol. The largest absolute Gasteiger partial charge is 0.368 e. The zero-order chi connectivity index (χ0) is 32.4. The Labute approximate surface area is 279 Å². The van der Waals surface area contributed by atoms with Gasteiger partial charge in [0.2, 0.25) is 23.6 Å². The molecule has 1 unspecified atom stereocenters. The molecule has 2 N–H and O–H groups in total. The van der Waals surface area contributed by atoms with Crippen LogP contribution in [0.25, 0.3) is 0 Å². The highest BCUT2D eigenvalue weighted by Gasteiger charge is 2.41. The van der Waals surface area contributed by atoms with Crippen LogP contribution in [0, 0.1) is 0 Å². The second kappa shape index (κ2) is 17.2. The summed E-state index contributed by atoms with van der Waals surface area (Å²) < 4.78 is 0. The lowest BCUT2D eigenvalue weighted by Crippen LogP contribution is -2.61. The maximum Gasteiger partial charge on any atom is 0.246 e. The Balaban J connectivity index is 1.81. The Bertz CT molecular complexity index is 1340. The number of carbonyl (C=O) groups is 4. The van der Waals surface area contributed by atoms with Crippen molar-refractivity contribution in [2.24, 2.45) is 5.73 Å². The second-order valence-electron chi connectivity index (χ2n) is 10.7. The Morgan fingerprint density at radius 2 is 1.48 bits per heavy atom. The van der Waals surface area contributed by atoms with Gasteiger partial charge in [0.1, 0.15) is 6.04 Å². The van der Waals surface area contributed by atoms with Gasteiger partial charge in [0.05, 0.1) is 19.5 Å². The van der Waals surface area contributed by atoms with E-state index in [-0.39, 0.29) is 44.4 Å². The van der Waals surface area contributed by atoms with Crippen molar-refractivity contribution in [3.8, 4) is 0 Å². The molecule has 2 aromatic carbocycles. The van der Waals surface area contributed by atoms with E-state index in [1.54, 1.807) is 36.4 Å². The number of nitrogens with two attached hydrogens (primary N) is 1. The number of hydrogen-bond donors (Lipinski definition) is 1. The molecule has 2 aromatic rings. The average molecular weight is 687 g/mol.